The lowest BCUT2D eigenvalue weighted by Gasteiger charge is -2.18. The van der Waals surface area contributed by atoms with Crippen LogP contribution in [0, 0.1) is 23.7 Å². The Labute approximate surface area is 168 Å². The summed E-state index contributed by atoms with van der Waals surface area (Å²) >= 11 is 0. The molecule has 1 heterocycles. The number of nitrogens with zero attached hydrogens (tertiary/aromatic N) is 2. The van der Waals surface area contributed by atoms with Gasteiger partial charge in [-0.25, -0.2) is 0 Å². The quantitative estimate of drug-likeness (QED) is 0.184. The van der Waals surface area contributed by atoms with Gasteiger partial charge in [0.2, 0.25) is 11.8 Å². The number of allylic oxidation sites excluding steroid dienone is 2. The fraction of sp³-hybridized carbons (Fsp3) is 0.762. The summed E-state index contributed by atoms with van der Waals surface area (Å²) in [6.45, 7) is 8.06. The molecule has 2 amide bonds. The predicted molar refractivity (Wildman–Crippen MR) is 109 cm³/mol. The minimum atomic E-state index is -0.114. The molecule has 7 nitrogen and oxygen atoms in total. The standard InChI is InChI=1S/C21H34N4O3/c1-3-5-12-28-13-6-9-23-21(22-4-2)24-10-11-25-19(26)17-15-7-8-16(14-15)18(17)20(25)27/h7-8,15-18H,3-6,9-14H2,1-2H3,(H2,22,23,24). The molecule has 1 aliphatic heterocycles. The van der Waals surface area contributed by atoms with E-state index in [0.717, 1.165) is 51.4 Å². The molecule has 0 aromatic rings. The first-order valence-corrected chi connectivity index (χ1v) is 10.8. The number of imide groups is 1. The van der Waals surface area contributed by atoms with Gasteiger partial charge in [-0.05, 0) is 38.0 Å². The number of nitrogens with one attached hydrogen (secondary N) is 2. The molecule has 7 heteroatoms. The normalized spacial score (nSPS) is 28.4. The highest BCUT2D eigenvalue weighted by Gasteiger charge is 2.58. The zero-order chi connectivity index (χ0) is 19.9. The molecule has 1 saturated heterocycles. The van der Waals surface area contributed by atoms with E-state index in [2.05, 4.69) is 34.7 Å². The average molecular weight is 391 g/mol. The molecule has 2 bridgehead atoms. The summed E-state index contributed by atoms with van der Waals surface area (Å²) in [7, 11) is 0. The van der Waals surface area contributed by atoms with Crippen molar-refractivity contribution < 1.29 is 14.3 Å². The van der Waals surface area contributed by atoms with Crippen LogP contribution < -0.4 is 10.6 Å². The van der Waals surface area contributed by atoms with E-state index in [-0.39, 0.29) is 35.5 Å². The van der Waals surface area contributed by atoms with Gasteiger partial charge in [0, 0.05) is 39.4 Å². The molecule has 3 aliphatic rings. The van der Waals surface area contributed by atoms with Crippen molar-refractivity contribution in [3.05, 3.63) is 12.2 Å². The maximum Gasteiger partial charge on any atom is 0.233 e. The first-order valence-electron chi connectivity index (χ1n) is 10.8. The van der Waals surface area contributed by atoms with E-state index in [1.165, 1.54) is 4.90 Å². The molecular weight excluding hydrogens is 356 g/mol. The van der Waals surface area contributed by atoms with Gasteiger partial charge in [-0.1, -0.05) is 25.5 Å². The first kappa shape index (κ1) is 20.8. The molecule has 4 unspecified atom stereocenters. The van der Waals surface area contributed by atoms with E-state index in [9.17, 15) is 9.59 Å². The Morgan fingerprint density at radius 3 is 2.43 bits per heavy atom. The van der Waals surface area contributed by atoms with Crippen molar-refractivity contribution in [1.82, 2.24) is 15.5 Å². The lowest BCUT2D eigenvalue weighted by molar-refractivity contribution is -0.140. The van der Waals surface area contributed by atoms with Crippen molar-refractivity contribution in [2.45, 2.75) is 39.5 Å². The number of hydrogen-bond donors (Lipinski definition) is 2. The van der Waals surface area contributed by atoms with Crippen molar-refractivity contribution >= 4 is 17.8 Å². The summed E-state index contributed by atoms with van der Waals surface area (Å²) in [6.07, 6.45) is 8.34. The van der Waals surface area contributed by atoms with Gasteiger partial charge in [-0.15, -0.1) is 0 Å². The van der Waals surface area contributed by atoms with Crippen LogP contribution in [0.25, 0.3) is 0 Å². The molecule has 0 radical (unpaired) electrons. The Bertz CT molecular complexity index is 589. The fourth-order valence-electron chi connectivity index (χ4n) is 4.52. The van der Waals surface area contributed by atoms with Gasteiger partial charge in [0.25, 0.3) is 0 Å². The third-order valence-corrected chi connectivity index (χ3v) is 5.89. The number of guanidine groups is 1. The van der Waals surface area contributed by atoms with Crippen LogP contribution in [0.15, 0.2) is 17.1 Å². The van der Waals surface area contributed by atoms with Crippen LogP contribution in [-0.4, -0.2) is 62.1 Å². The molecule has 2 aliphatic carbocycles. The number of rotatable bonds is 11. The third kappa shape index (κ3) is 4.57. The first-order chi connectivity index (χ1) is 13.7. The van der Waals surface area contributed by atoms with E-state index in [1.54, 1.807) is 0 Å². The number of carbonyl (C=O) groups excluding carboxylic acids is 2. The molecule has 2 fully saturated rings. The Morgan fingerprint density at radius 1 is 1.11 bits per heavy atom. The molecule has 3 rings (SSSR count). The molecule has 4 atom stereocenters. The second kappa shape index (κ2) is 10.0. The van der Waals surface area contributed by atoms with Gasteiger partial charge in [0.15, 0.2) is 5.96 Å². The van der Waals surface area contributed by atoms with Crippen LogP contribution >= 0.6 is 0 Å². The van der Waals surface area contributed by atoms with E-state index in [1.807, 2.05) is 6.92 Å². The lowest BCUT2D eigenvalue weighted by Crippen LogP contribution is -2.43. The molecule has 0 aromatic heterocycles. The van der Waals surface area contributed by atoms with Crippen LogP contribution in [0.5, 0.6) is 0 Å². The third-order valence-electron chi connectivity index (χ3n) is 5.89. The minimum absolute atomic E-state index is 0.0137. The Kier molecular flexibility index (Phi) is 7.48. The molecule has 0 aromatic carbocycles. The van der Waals surface area contributed by atoms with Crippen molar-refractivity contribution in [2.24, 2.45) is 28.7 Å². The van der Waals surface area contributed by atoms with Crippen molar-refractivity contribution in [3.8, 4) is 0 Å². The van der Waals surface area contributed by atoms with Gasteiger partial charge >= 0.3 is 0 Å². The summed E-state index contributed by atoms with van der Waals surface area (Å²) in [5.74, 6) is 1.05. The molecule has 2 N–H and O–H groups in total. The summed E-state index contributed by atoms with van der Waals surface area (Å²) in [4.78, 5) is 31.4. The maximum absolute atomic E-state index is 12.7. The Morgan fingerprint density at radius 2 is 1.79 bits per heavy atom. The molecule has 0 spiro atoms. The molecular formula is C21H34N4O3. The Hall–Kier alpha value is -1.89. The fourth-order valence-corrected chi connectivity index (χ4v) is 4.52. The number of aliphatic imine (C=N–C) groups is 1. The van der Waals surface area contributed by atoms with E-state index >= 15 is 0 Å². The van der Waals surface area contributed by atoms with Crippen molar-refractivity contribution in [2.75, 3.05) is 39.4 Å². The monoisotopic (exact) mass is 390 g/mol. The minimum Gasteiger partial charge on any atom is -0.381 e. The highest BCUT2D eigenvalue weighted by molar-refractivity contribution is 6.06. The summed E-state index contributed by atoms with van der Waals surface area (Å²) in [6, 6.07) is 0. The van der Waals surface area contributed by atoms with Gasteiger partial charge in [0.05, 0.1) is 11.8 Å². The second-order valence-corrected chi connectivity index (χ2v) is 7.83. The number of unbranched alkanes of at least 4 members (excludes halogenated alkanes) is 1. The number of likely N-dealkylation sites (tertiary alicyclic amines) is 1. The van der Waals surface area contributed by atoms with E-state index in [0.29, 0.717) is 19.6 Å². The summed E-state index contributed by atoms with van der Waals surface area (Å²) in [5.41, 5.74) is 0. The molecule has 28 heavy (non-hydrogen) atoms. The largest absolute Gasteiger partial charge is 0.381 e. The van der Waals surface area contributed by atoms with Crippen molar-refractivity contribution in [1.29, 1.82) is 0 Å². The van der Waals surface area contributed by atoms with Gasteiger partial charge in [0.1, 0.15) is 0 Å². The maximum atomic E-state index is 12.7. The highest BCUT2D eigenvalue weighted by Crippen LogP contribution is 2.52. The van der Waals surface area contributed by atoms with Crippen LogP contribution in [-0.2, 0) is 14.3 Å². The number of amides is 2. The smallest absolute Gasteiger partial charge is 0.233 e. The average Bonchev–Trinajstić information content (AvgIpc) is 3.36. The second-order valence-electron chi connectivity index (χ2n) is 7.83. The van der Waals surface area contributed by atoms with Crippen molar-refractivity contribution in [3.63, 3.8) is 0 Å². The Balaban J connectivity index is 1.40. The molecule has 1 saturated carbocycles. The highest BCUT2D eigenvalue weighted by atomic mass is 16.5. The number of fused-ring (bicyclic) bond motifs is 5. The number of hydrogen-bond acceptors (Lipinski definition) is 4. The van der Waals surface area contributed by atoms with E-state index in [4.69, 9.17) is 4.74 Å². The predicted octanol–water partition coefficient (Wildman–Crippen LogP) is 1.56. The topological polar surface area (TPSA) is 83.0 Å². The van der Waals surface area contributed by atoms with Crippen LogP contribution in [0.2, 0.25) is 0 Å². The SMILES string of the molecule is CCCCOCCCN=C(NCC)NCCN1C(=O)C2C3C=CC(C3)C2C1=O. The number of ether oxygens (including phenoxy) is 1. The van der Waals surface area contributed by atoms with Gasteiger partial charge < -0.3 is 15.4 Å². The van der Waals surface area contributed by atoms with E-state index < -0.39 is 0 Å². The lowest BCUT2D eigenvalue weighted by atomic mass is 9.85. The van der Waals surface area contributed by atoms with Gasteiger partial charge in [-0.3, -0.25) is 19.5 Å². The van der Waals surface area contributed by atoms with Crippen LogP contribution in [0.1, 0.15) is 39.5 Å². The van der Waals surface area contributed by atoms with Crippen LogP contribution in [0.3, 0.4) is 0 Å². The molecule has 156 valence electrons. The zero-order valence-electron chi connectivity index (χ0n) is 17.2. The number of carbonyl (C=O) groups is 2. The summed E-state index contributed by atoms with van der Waals surface area (Å²) < 4.78 is 5.55. The van der Waals surface area contributed by atoms with Crippen LogP contribution in [0.4, 0.5) is 0 Å². The van der Waals surface area contributed by atoms with Gasteiger partial charge in [-0.2, -0.15) is 0 Å². The summed E-state index contributed by atoms with van der Waals surface area (Å²) in [5, 5.41) is 6.45. The zero-order valence-corrected chi connectivity index (χ0v) is 17.2.